The van der Waals surface area contributed by atoms with E-state index in [9.17, 15) is 4.79 Å². The van der Waals surface area contributed by atoms with Gasteiger partial charge in [0.05, 0.1) is 5.92 Å². The van der Waals surface area contributed by atoms with Gasteiger partial charge in [0.25, 0.3) is 0 Å². The highest BCUT2D eigenvalue weighted by Gasteiger charge is 2.31. The van der Waals surface area contributed by atoms with Crippen LogP contribution in [0.4, 0.5) is 0 Å². The third kappa shape index (κ3) is 2.46. The fourth-order valence-corrected chi connectivity index (χ4v) is 2.24. The minimum Gasteiger partial charge on any atom is -0.356 e. The highest BCUT2D eigenvalue weighted by atomic mass is 79.9. The van der Waals surface area contributed by atoms with Crippen LogP contribution in [0.25, 0.3) is 0 Å². The summed E-state index contributed by atoms with van der Waals surface area (Å²) in [5.41, 5.74) is 2.52. The molecule has 16 heavy (non-hydrogen) atoms. The van der Waals surface area contributed by atoms with Gasteiger partial charge in [0.1, 0.15) is 0 Å². The maximum atomic E-state index is 11.8. The van der Waals surface area contributed by atoms with Crippen molar-refractivity contribution in [1.29, 1.82) is 0 Å². The molecule has 1 aromatic rings. The quantitative estimate of drug-likeness (QED) is 0.845. The van der Waals surface area contributed by atoms with E-state index in [4.69, 9.17) is 0 Å². The third-order valence-electron chi connectivity index (χ3n) is 3.01. The van der Waals surface area contributed by atoms with Crippen LogP contribution >= 0.6 is 15.9 Å². The SMILES string of the molecule is CC(Br)CCNC(=O)C1Cc2ccccc21. The molecule has 0 heterocycles. The first-order chi connectivity index (χ1) is 7.68. The maximum absolute atomic E-state index is 11.8. The highest BCUT2D eigenvalue weighted by molar-refractivity contribution is 9.09. The lowest BCUT2D eigenvalue weighted by Crippen LogP contribution is -2.36. The molecule has 0 aliphatic heterocycles. The Bertz CT molecular complexity index is 389. The largest absolute Gasteiger partial charge is 0.356 e. The lowest BCUT2D eigenvalue weighted by molar-refractivity contribution is -0.123. The second-order valence-electron chi connectivity index (χ2n) is 4.32. The van der Waals surface area contributed by atoms with E-state index in [1.807, 2.05) is 12.1 Å². The van der Waals surface area contributed by atoms with Crippen molar-refractivity contribution in [3.05, 3.63) is 35.4 Å². The molecule has 3 heteroatoms. The molecule has 1 aliphatic rings. The van der Waals surface area contributed by atoms with Crippen LogP contribution in [0.5, 0.6) is 0 Å². The Morgan fingerprint density at radius 1 is 1.56 bits per heavy atom. The van der Waals surface area contributed by atoms with E-state index in [-0.39, 0.29) is 11.8 Å². The van der Waals surface area contributed by atoms with Crippen LogP contribution < -0.4 is 5.32 Å². The van der Waals surface area contributed by atoms with Gasteiger partial charge in [-0.05, 0) is 24.0 Å². The summed E-state index contributed by atoms with van der Waals surface area (Å²) in [5, 5.41) is 2.99. The monoisotopic (exact) mass is 281 g/mol. The van der Waals surface area contributed by atoms with Crippen molar-refractivity contribution < 1.29 is 4.79 Å². The molecule has 0 bridgehead atoms. The van der Waals surface area contributed by atoms with Crippen molar-refractivity contribution in [3.8, 4) is 0 Å². The number of hydrogen-bond donors (Lipinski definition) is 1. The van der Waals surface area contributed by atoms with E-state index in [0.29, 0.717) is 4.83 Å². The molecule has 1 aliphatic carbocycles. The normalized spacial score (nSPS) is 19.5. The van der Waals surface area contributed by atoms with Gasteiger partial charge in [-0.25, -0.2) is 0 Å². The Morgan fingerprint density at radius 2 is 2.31 bits per heavy atom. The summed E-state index contributed by atoms with van der Waals surface area (Å²) in [6.07, 6.45) is 1.87. The summed E-state index contributed by atoms with van der Waals surface area (Å²) in [6, 6.07) is 8.17. The van der Waals surface area contributed by atoms with Gasteiger partial charge in [-0.1, -0.05) is 47.1 Å². The predicted molar refractivity (Wildman–Crippen MR) is 68.9 cm³/mol. The number of halogens is 1. The molecule has 0 fully saturated rings. The second-order valence-corrected chi connectivity index (χ2v) is 5.88. The first-order valence-electron chi connectivity index (χ1n) is 5.68. The van der Waals surface area contributed by atoms with Gasteiger partial charge in [-0.3, -0.25) is 4.79 Å². The molecule has 1 amide bonds. The Labute approximate surface area is 105 Å². The van der Waals surface area contributed by atoms with Crippen LogP contribution in [0.2, 0.25) is 0 Å². The molecule has 1 N–H and O–H groups in total. The fraction of sp³-hybridized carbons (Fsp3) is 0.462. The van der Waals surface area contributed by atoms with Crippen LogP contribution in [-0.4, -0.2) is 17.3 Å². The average molecular weight is 282 g/mol. The van der Waals surface area contributed by atoms with Crippen LogP contribution in [0.3, 0.4) is 0 Å². The molecule has 0 saturated carbocycles. The van der Waals surface area contributed by atoms with Gasteiger partial charge in [-0.2, -0.15) is 0 Å². The number of benzene rings is 1. The van der Waals surface area contributed by atoms with Gasteiger partial charge in [0, 0.05) is 11.4 Å². The summed E-state index contributed by atoms with van der Waals surface area (Å²) in [6.45, 7) is 2.84. The molecule has 0 aromatic heterocycles. The number of alkyl halides is 1. The lowest BCUT2D eigenvalue weighted by atomic mass is 9.77. The minimum atomic E-state index is 0.0850. The molecule has 2 atom stereocenters. The van der Waals surface area contributed by atoms with Crippen LogP contribution in [-0.2, 0) is 11.2 Å². The Balaban J connectivity index is 1.85. The second kappa shape index (κ2) is 5.00. The predicted octanol–water partition coefficient (Wildman–Crippen LogP) is 2.62. The molecule has 2 nitrogen and oxygen atoms in total. The summed E-state index contributed by atoms with van der Waals surface area (Å²) in [5.74, 6) is 0.258. The van der Waals surface area contributed by atoms with Gasteiger partial charge in [0.15, 0.2) is 0 Å². The fourth-order valence-electron chi connectivity index (χ4n) is 2.01. The van der Waals surface area contributed by atoms with Crippen LogP contribution in [0.1, 0.15) is 30.4 Å². The first kappa shape index (κ1) is 11.6. The van der Waals surface area contributed by atoms with Crippen molar-refractivity contribution in [1.82, 2.24) is 5.32 Å². The van der Waals surface area contributed by atoms with Gasteiger partial charge in [0.2, 0.25) is 5.91 Å². The van der Waals surface area contributed by atoms with Gasteiger partial charge < -0.3 is 5.32 Å². The van der Waals surface area contributed by atoms with Crippen molar-refractivity contribution in [2.75, 3.05) is 6.54 Å². The molecule has 0 spiro atoms. The van der Waals surface area contributed by atoms with Gasteiger partial charge in [-0.15, -0.1) is 0 Å². The Morgan fingerprint density at radius 3 is 3.00 bits per heavy atom. The third-order valence-corrected chi connectivity index (χ3v) is 3.47. The number of amides is 1. The summed E-state index contributed by atoms with van der Waals surface area (Å²) in [7, 11) is 0. The molecule has 86 valence electrons. The number of nitrogens with one attached hydrogen (secondary N) is 1. The zero-order valence-corrected chi connectivity index (χ0v) is 11.0. The van der Waals surface area contributed by atoms with E-state index >= 15 is 0 Å². The summed E-state index contributed by atoms with van der Waals surface area (Å²) < 4.78 is 0. The van der Waals surface area contributed by atoms with Crippen molar-refractivity contribution in [2.45, 2.75) is 30.5 Å². The first-order valence-corrected chi connectivity index (χ1v) is 6.59. The molecular weight excluding hydrogens is 266 g/mol. The Hall–Kier alpha value is -0.830. The van der Waals surface area contributed by atoms with E-state index < -0.39 is 0 Å². The van der Waals surface area contributed by atoms with Crippen LogP contribution in [0, 0.1) is 0 Å². The summed E-state index contributed by atoms with van der Waals surface area (Å²) in [4.78, 5) is 12.3. The number of rotatable bonds is 4. The minimum absolute atomic E-state index is 0.0850. The van der Waals surface area contributed by atoms with Crippen molar-refractivity contribution in [3.63, 3.8) is 0 Å². The molecule has 0 radical (unpaired) electrons. The standard InChI is InChI=1S/C13H16BrNO/c1-9(14)6-7-15-13(16)12-8-10-4-2-3-5-11(10)12/h2-5,9,12H,6-8H2,1H3,(H,15,16). The van der Waals surface area contributed by atoms with Crippen LogP contribution in [0.15, 0.2) is 24.3 Å². The zero-order valence-electron chi connectivity index (χ0n) is 9.37. The average Bonchev–Trinajstić information content (AvgIpc) is 2.19. The molecular formula is C13H16BrNO. The smallest absolute Gasteiger partial charge is 0.227 e. The zero-order chi connectivity index (χ0) is 11.5. The lowest BCUT2D eigenvalue weighted by Gasteiger charge is -2.28. The van der Waals surface area contributed by atoms with E-state index in [0.717, 1.165) is 19.4 Å². The summed E-state index contributed by atoms with van der Waals surface area (Å²) >= 11 is 3.47. The van der Waals surface area contributed by atoms with E-state index in [1.54, 1.807) is 0 Å². The van der Waals surface area contributed by atoms with Crippen molar-refractivity contribution in [2.24, 2.45) is 0 Å². The van der Waals surface area contributed by atoms with E-state index in [2.05, 4.69) is 40.3 Å². The number of carbonyl (C=O) groups excluding carboxylic acids is 1. The van der Waals surface area contributed by atoms with Gasteiger partial charge >= 0.3 is 0 Å². The molecule has 1 aromatic carbocycles. The topological polar surface area (TPSA) is 29.1 Å². The van der Waals surface area contributed by atoms with Crippen molar-refractivity contribution >= 4 is 21.8 Å². The Kier molecular flexibility index (Phi) is 3.64. The maximum Gasteiger partial charge on any atom is 0.227 e. The number of carbonyl (C=O) groups is 1. The molecule has 0 saturated heterocycles. The highest BCUT2D eigenvalue weighted by Crippen LogP contribution is 2.34. The number of hydrogen-bond acceptors (Lipinski definition) is 1. The molecule has 2 unspecified atom stereocenters. The molecule has 2 rings (SSSR count). The number of fused-ring (bicyclic) bond motifs is 1. The van der Waals surface area contributed by atoms with E-state index in [1.165, 1.54) is 11.1 Å².